The van der Waals surface area contributed by atoms with Crippen LogP contribution in [0.25, 0.3) is 0 Å². The average molecular weight is 270 g/mol. The van der Waals surface area contributed by atoms with E-state index >= 15 is 0 Å². The number of hydrogen-bond donors (Lipinski definition) is 2. The lowest BCUT2D eigenvalue weighted by molar-refractivity contribution is 0.0820. The Balaban J connectivity index is 2.17. The van der Waals surface area contributed by atoms with Gasteiger partial charge >= 0.3 is 0 Å². The molecule has 0 aliphatic heterocycles. The first-order chi connectivity index (χ1) is 8.06. The van der Waals surface area contributed by atoms with E-state index in [4.69, 9.17) is 11.6 Å². The van der Waals surface area contributed by atoms with E-state index in [1.54, 1.807) is 18.2 Å². The first kappa shape index (κ1) is 12.8. The van der Waals surface area contributed by atoms with Gasteiger partial charge in [0.25, 0.3) is 5.91 Å². The molecule has 1 aliphatic carbocycles. The largest absolute Gasteiger partial charge is 0.347 e. The normalized spacial score (nSPS) is 17.4. The number of carbonyl (C=O) groups excluding carboxylic acids is 1. The van der Waals surface area contributed by atoms with Gasteiger partial charge in [0.2, 0.25) is 0 Å². The molecule has 92 valence electrons. The number of benzene rings is 1. The number of hydrogen-bond acceptors (Lipinski definition) is 2. The summed E-state index contributed by atoms with van der Waals surface area (Å²) >= 11 is 10.3. The van der Waals surface area contributed by atoms with Gasteiger partial charge in [-0.1, -0.05) is 18.5 Å². The van der Waals surface area contributed by atoms with E-state index < -0.39 is 0 Å². The Morgan fingerprint density at radius 2 is 2.24 bits per heavy atom. The van der Waals surface area contributed by atoms with Gasteiger partial charge in [-0.15, -0.1) is 12.6 Å². The van der Waals surface area contributed by atoms with E-state index in [9.17, 15) is 4.79 Å². The Morgan fingerprint density at radius 3 is 2.76 bits per heavy atom. The number of carbonyl (C=O) groups is 1. The van der Waals surface area contributed by atoms with Gasteiger partial charge in [0.1, 0.15) is 0 Å². The van der Waals surface area contributed by atoms with Crippen LogP contribution in [0.4, 0.5) is 0 Å². The molecule has 0 spiro atoms. The molecule has 2 rings (SSSR count). The summed E-state index contributed by atoms with van der Waals surface area (Å²) in [5, 5.41) is 3.58. The first-order valence-corrected chi connectivity index (χ1v) is 6.70. The zero-order valence-corrected chi connectivity index (χ0v) is 11.4. The molecule has 0 heterocycles. The molecule has 2 nitrogen and oxygen atoms in total. The first-order valence-electron chi connectivity index (χ1n) is 5.87. The standard InChI is InChI=1S/C13H16ClNOS/c1-2-13(6-3-7-13)15-12(16)10-8-9(17)4-5-11(10)14/h4-5,8,17H,2-3,6-7H2,1H3,(H,15,16). The lowest BCUT2D eigenvalue weighted by Gasteiger charge is -2.42. The lowest BCUT2D eigenvalue weighted by atomic mass is 9.74. The van der Waals surface area contributed by atoms with Crippen molar-refractivity contribution >= 4 is 30.1 Å². The Hall–Kier alpha value is -0.670. The van der Waals surface area contributed by atoms with Crippen molar-refractivity contribution in [1.82, 2.24) is 5.32 Å². The van der Waals surface area contributed by atoms with Crippen molar-refractivity contribution in [3.8, 4) is 0 Å². The lowest BCUT2D eigenvalue weighted by Crippen LogP contribution is -2.53. The highest BCUT2D eigenvalue weighted by atomic mass is 35.5. The summed E-state index contributed by atoms with van der Waals surface area (Å²) in [6.45, 7) is 2.11. The van der Waals surface area contributed by atoms with Gasteiger partial charge in [-0.3, -0.25) is 4.79 Å². The van der Waals surface area contributed by atoms with Crippen LogP contribution >= 0.6 is 24.2 Å². The van der Waals surface area contributed by atoms with Crippen molar-refractivity contribution < 1.29 is 4.79 Å². The number of nitrogens with one attached hydrogen (secondary N) is 1. The minimum atomic E-state index is -0.0903. The molecular formula is C13H16ClNOS. The number of thiol groups is 1. The number of halogens is 1. The SMILES string of the molecule is CCC1(NC(=O)c2cc(S)ccc2Cl)CCC1. The fourth-order valence-corrected chi connectivity index (χ4v) is 2.57. The van der Waals surface area contributed by atoms with Gasteiger partial charge in [-0.05, 0) is 43.9 Å². The number of rotatable bonds is 3. The molecule has 0 unspecified atom stereocenters. The molecular weight excluding hydrogens is 254 g/mol. The minimum absolute atomic E-state index is 0.00693. The van der Waals surface area contributed by atoms with Crippen LogP contribution < -0.4 is 5.32 Å². The molecule has 4 heteroatoms. The van der Waals surface area contributed by atoms with Crippen molar-refractivity contribution in [2.75, 3.05) is 0 Å². The molecule has 1 saturated carbocycles. The topological polar surface area (TPSA) is 29.1 Å². The van der Waals surface area contributed by atoms with Crippen LogP contribution in [0.1, 0.15) is 43.0 Å². The van der Waals surface area contributed by atoms with E-state index in [0.717, 1.165) is 24.2 Å². The van der Waals surface area contributed by atoms with Crippen LogP contribution in [0.2, 0.25) is 5.02 Å². The fourth-order valence-electron chi connectivity index (χ4n) is 2.17. The molecule has 0 radical (unpaired) electrons. The predicted octanol–water partition coefficient (Wildman–Crippen LogP) is 3.69. The molecule has 0 bridgehead atoms. The maximum absolute atomic E-state index is 12.2. The maximum atomic E-state index is 12.2. The highest BCUT2D eigenvalue weighted by Gasteiger charge is 2.36. The third kappa shape index (κ3) is 2.61. The van der Waals surface area contributed by atoms with Crippen molar-refractivity contribution in [2.24, 2.45) is 0 Å². The molecule has 0 aromatic heterocycles. The zero-order valence-electron chi connectivity index (χ0n) is 9.79. The van der Waals surface area contributed by atoms with Crippen LogP contribution in [0, 0.1) is 0 Å². The summed E-state index contributed by atoms with van der Waals surface area (Å²) in [6, 6.07) is 5.20. The van der Waals surface area contributed by atoms with E-state index in [1.807, 2.05) is 0 Å². The van der Waals surface area contributed by atoms with E-state index in [2.05, 4.69) is 24.9 Å². The quantitative estimate of drug-likeness (QED) is 0.805. The van der Waals surface area contributed by atoms with Crippen LogP contribution in [0.5, 0.6) is 0 Å². The van der Waals surface area contributed by atoms with E-state index in [1.165, 1.54) is 6.42 Å². The Morgan fingerprint density at radius 1 is 1.53 bits per heavy atom. The fraction of sp³-hybridized carbons (Fsp3) is 0.462. The maximum Gasteiger partial charge on any atom is 0.253 e. The molecule has 1 aliphatic rings. The third-order valence-corrected chi connectivity index (χ3v) is 4.17. The summed E-state index contributed by atoms with van der Waals surface area (Å²) in [7, 11) is 0. The van der Waals surface area contributed by atoms with Crippen molar-refractivity contribution in [2.45, 2.75) is 43.0 Å². The second kappa shape index (κ2) is 4.91. The van der Waals surface area contributed by atoms with Crippen LogP contribution in [-0.2, 0) is 0 Å². The van der Waals surface area contributed by atoms with E-state index in [0.29, 0.717) is 10.6 Å². The third-order valence-electron chi connectivity index (χ3n) is 3.56. The Kier molecular flexibility index (Phi) is 3.69. The second-order valence-corrected chi connectivity index (χ2v) is 5.53. The summed E-state index contributed by atoms with van der Waals surface area (Å²) in [5.74, 6) is -0.0903. The molecule has 1 N–H and O–H groups in total. The van der Waals surface area contributed by atoms with Gasteiger partial charge in [0.15, 0.2) is 0 Å². The summed E-state index contributed by atoms with van der Waals surface area (Å²) in [4.78, 5) is 12.9. The van der Waals surface area contributed by atoms with Gasteiger partial charge in [0.05, 0.1) is 10.6 Å². The summed E-state index contributed by atoms with van der Waals surface area (Å²) in [6.07, 6.45) is 4.28. The van der Waals surface area contributed by atoms with Crippen molar-refractivity contribution in [1.29, 1.82) is 0 Å². The highest BCUT2D eigenvalue weighted by Crippen LogP contribution is 2.35. The Labute approximate surface area is 112 Å². The molecule has 1 aromatic carbocycles. The monoisotopic (exact) mass is 269 g/mol. The summed E-state index contributed by atoms with van der Waals surface area (Å²) in [5.41, 5.74) is 0.506. The van der Waals surface area contributed by atoms with Gasteiger partial charge < -0.3 is 5.32 Å². The van der Waals surface area contributed by atoms with Gasteiger partial charge in [0, 0.05) is 10.4 Å². The van der Waals surface area contributed by atoms with Crippen molar-refractivity contribution in [3.05, 3.63) is 28.8 Å². The highest BCUT2D eigenvalue weighted by molar-refractivity contribution is 7.80. The zero-order chi connectivity index (χ0) is 12.5. The Bertz CT molecular complexity index is 438. The summed E-state index contributed by atoms with van der Waals surface area (Å²) < 4.78 is 0. The minimum Gasteiger partial charge on any atom is -0.347 e. The smallest absolute Gasteiger partial charge is 0.253 e. The number of amides is 1. The molecule has 0 saturated heterocycles. The molecule has 17 heavy (non-hydrogen) atoms. The predicted molar refractivity (Wildman–Crippen MR) is 73.0 cm³/mol. The molecule has 1 amide bonds. The van der Waals surface area contributed by atoms with Crippen LogP contribution in [-0.4, -0.2) is 11.4 Å². The average Bonchev–Trinajstić information content (AvgIpc) is 2.26. The van der Waals surface area contributed by atoms with Crippen molar-refractivity contribution in [3.63, 3.8) is 0 Å². The molecule has 0 atom stereocenters. The second-order valence-electron chi connectivity index (χ2n) is 4.61. The van der Waals surface area contributed by atoms with Gasteiger partial charge in [-0.25, -0.2) is 0 Å². The molecule has 1 fully saturated rings. The van der Waals surface area contributed by atoms with Crippen LogP contribution in [0.3, 0.4) is 0 Å². The molecule has 1 aromatic rings. The van der Waals surface area contributed by atoms with Gasteiger partial charge in [-0.2, -0.15) is 0 Å². The van der Waals surface area contributed by atoms with Crippen LogP contribution in [0.15, 0.2) is 23.1 Å². The van der Waals surface area contributed by atoms with E-state index in [-0.39, 0.29) is 11.4 Å².